The zero-order valence-corrected chi connectivity index (χ0v) is 13.4. The molecule has 1 N–H and O–H groups in total. The van der Waals surface area contributed by atoms with Crippen LogP contribution in [0.2, 0.25) is 0 Å². The van der Waals surface area contributed by atoms with Gasteiger partial charge in [0.1, 0.15) is 5.82 Å². The number of hydrogen-bond acceptors (Lipinski definition) is 2. The molecule has 2 rings (SSSR count). The third-order valence-corrected chi connectivity index (χ3v) is 3.88. The summed E-state index contributed by atoms with van der Waals surface area (Å²) >= 11 is 3.40. The molecule has 0 bridgehead atoms. The molecule has 1 unspecified atom stereocenters. The molecule has 0 saturated heterocycles. The van der Waals surface area contributed by atoms with Crippen LogP contribution < -0.4 is 5.32 Å². The van der Waals surface area contributed by atoms with Crippen molar-refractivity contribution in [1.29, 1.82) is 0 Å². The Hall–Kier alpha value is -1.52. The lowest BCUT2D eigenvalue weighted by atomic mass is 10.1. The van der Waals surface area contributed by atoms with Crippen LogP contribution in [0, 0.1) is 5.82 Å². The molecule has 0 fully saturated rings. The second-order valence-electron chi connectivity index (χ2n) is 4.88. The fourth-order valence-corrected chi connectivity index (χ4v) is 2.36. The summed E-state index contributed by atoms with van der Waals surface area (Å²) in [6, 6.07) is 14.3. The first-order chi connectivity index (χ1) is 10.1. The summed E-state index contributed by atoms with van der Waals surface area (Å²) in [6.07, 6.45) is 0.280. The number of hydrogen-bond donors (Lipinski definition) is 1. The Kier molecular flexibility index (Phi) is 5.65. The van der Waals surface area contributed by atoms with Crippen molar-refractivity contribution in [2.75, 3.05) is 6.54 Å². The Bertz CT molecular complexity index is 612. The van der Waals surface area contributed by atoms with E-state index in [2.05, 4.69) is 21.2 Å². The fraction of sp³-hybridized carbons (Fsp3) is 0.235. The van der Waals surface area contributed by atoms with Crippen molar-refractivity contribution in [2.45, 2.75) is 19.4 Å². The van der Waals surface area contributed by atoms with Crippen molar-refractivity contribution in [3.05, 3.63) is 69.9 Å². The van der Waals surface area contributed by atoms with Crippen molar-refractivity contribution in [3.63, 3.8) is 0 Å². The summed E-state index contributed by atoms with van der Waals surface area (Å²) in [5, 5.41) is 3.28. The molecule has 0 radical (unpaired) electrons. The van der Waals surface area contributed by atoms with Gasteiger partial charge in [0, 0.05) is 23.5 Å². The maximum Gasteiger partial charge on any atom is 0.167 e. The topological polar surface area (TPSA) is 29.1 Å². The summed E-state index contributed by atoms with van der Waals surface area (Å²) in [5.74, 6) is -0.632. The summed E-state index contributed by atoms with van der Waals surface area (Å²) in [5.41, 5.74) is 1.31. The molecule has 0 heterocycles. The van der Waals surface area contributed by atoms with Gasteiger partial charge in [0.2, 0.25) is 0 Å². The van der Waals surface area contributed by atoms with Crippen LogP contribution in [-0.2, 0) is 0 Å². The van der Waals surface area contributed by atoms with Crippen LogP contribution in [0.1, 0.15) is 35.3 Å². The van der Waals surface area contributed by atoms with E-state index in [9.17, 15) is 9.18 Å². The van der Waals surface area contributed by atoms with Crippen LogP contribution in [-0.4, -0.2) is 12.3 Å². The van der Waals surface area contributed by atoms with Crippen LogP contribution in [0.15, 0.2) is 53.0 Å². The molecule has 0 aliphatic rings. The molecule has 0 aromatic heterocycles. The van der Waals surface area contributed by atoms with Crippen molar-refractivity contribution in [2.24, 2.45) is 0 Å². The SMILES string of the molecule is CC(NCCC(=O)c1ccccc1F)c1ccc(Br)cc1. The first-order valence-electron chi connectivity index (χ1n) is 6.84. The van der Waals surface area contributed by atoms with E-state index in [1.807, 2.05) is 31.2 Å². The van der Waals surface area contributed by atoms with Gasteiger partial charge in [-0.1, -0.05) is 40.2 Å². The van der Waals surface area contributed by atoms with Gasteiger partial charge >= 0.3 is 0 Å². The quantitative estimate of drug-likeness (QED) is 0.777. The molecule has 110 valence electrons. The average molecular weight is 350 g/mol. The van der Waals surface area contributed by atoms with E-state index in [1.165, 1.54) is 12.1 Å². The van der Waals surface area contributed by atoms with E-state index >= 15 is 0 Å². The molecule has 2 aromatic rings. The number of halogens is 2. The zero-order chi connectivity index (χ0) is 15.2. The molecule has 0 saturated carbocycles. The lowest BCUT2D eigenvalue weighted by Crippen LogP contribution is -2.22. The minimum absolute atomic E-state index is 0.145. The molecule has 0 amide bonds. The smallest absolute Gasteiger partial charge is 0.167 e. The Morgan fingerprint density at radius 1 is 1.19 bits per heavy atom. The summed E-state index contributed by atoms with van der Waals surface area (Å²) in [6.45, 7) is 2.56. The van der Waals surface area contributed by atoms with Gasteiger partial charge in [0.15, 0.2) is 5.78 Å². The van der Waals surface area contributed by atoms with Gasteiger partial charge in [-0.3, -0.25) is 4.79 Å². The van der Waals surface area contributed by atoms with E-state index in [-0.39, 0.29) is 23.8 Å². The number of benzene rings is 2. The highest BCUT2D eigenvalue weighted by Crippen LogP contribution is 2.16. The highest BCUT2D eigenvalue weighted by molar-refractivity contribution is 9.10. The van der Waals surface area contributed by atoms with Crippen LogP contribution in [0.5, 0.6) is 0 Å². The number of nitrogens with one attached hydrogen (secondary N) is 1. The van der Waals surface area contributed by atoms with Crippen LogP contribution in [0.3, 0.4) is 0 Å². The molecule has 2 nitrogen and oxygen atoms in total. The van der Waals surface area contributed by atoms with Gasteiger partial charge in [-0.15, -0.1) is 0 Å². The van der Waals surface area contributed by atoms with Gasteiger partial charge in [-0.25, -0.2) is 4.39 Å². The van der Waals surface area contributed by atoms with Gasteiger partial charge in [0.05, 0.1) is 5.56 Å². The van der Waals surface area contributed by atoms with E-state index in [4.69, 9.17) is 0 Å². The predicted molar refractivity (Wildman–Crippen MR) is 85.9 cm³/mol. The number of Topliss-reactive ketones (excluding diaryl/α,β-unsaturated/α-hetero) is 1. The van der Waals surface area contributed by atoms with E-state index < -0.39 is 5.82 Å². The van der Waals surface area contributed by atoms with Crippen molar-refractivity contribution < 1.29 is 9.18 Å². The first kappa shape index (κ1) is 15.9. The second kappa shape index (κ2) is 7.48. The minimum Gasteiger partial charge on any atom is -0.310 e. The van der Waals surface area contributed by atoms with Crippen LogP contribution in [0.4, 0.5) is 4.39 Å². The van der Waals surface area contributed by atoms with Crippen molar-refractivity contribution in [1.82, 2.24) is 5.32 Å². The second-order valence-corrected chi connectivity index (χ2v) is 5.80. The highest BCUT2D eigenvalue weighted by atomic mass is 79.9. The summed E-state index contributed by atoms with van der Waals surface area (Å²) in [7, 11) is 0. The zero-order valence-electron chi connectivity index (χ0n) is 11.8. The van der Waals surface area contributed by atoms with E-state index in [1.54, 1.807) is 12.1 Å². The van der Waals surface area contributed by atoms with Gasteiger partial charge < -0.3 is 5.32 Å². The van der Waals surface area contributed by atoms with Gasteiger partial charge in [0.25, 0.3) is 0 Å². The van der Waals surface area contributed by atoms with Gasteiger partial charge in [-0.2, -0.15) is 0 Å². The van der Waals surface area contributed by atoms with Crippen molar-refractivity contribution >= 4 is 21.7 Å². The van der Waals surface area contributed by atoms with Crippen LogP contribution in [0.25, 0.3) is 0 Å². The maximum atomic E-state index is 13.5. The molecule has 4 heteroatoms. The summed E-state index contributed by atoms with van der Waals surface area (Å²) in [4.78, 5) is 11.9. The largest absolute Gasteiger partial charge is 0.310 e. The number of carbonyl (C=O) groups excluding carboxylic acids is 1. The molecule has 0 aliphatic heterocycles. The normalized spacial score (nSPS) is 12.1. The molecular weight excluding hydrogens is 333 g/mol. The lowest BCUT2D eigenvalue weighted by molar-refractivity contribution is 0.0978. The van der Waals surface area contributed by atoms with E-state index in [0.29, 0.717) is 6.54 Å². The maximum absolute atomic E-state index is 13.5. The average Bonchev–Trinajstić information content (AvgIpc) is 2.48. The summed E-state index contributed by atoms with van der Waals surface area (Å²) < 4.78 is 14.5. The lowest BCUT2D eigenvalue weighted by Gasteiger charge is -2.14. The minimum atomic E-state index is -0.455. The number of ketones is 1. The molecular formula is C17H17BrFNO. The monoisotopic (exact) mass is 349 g/mol. The Morgan fingerprint density at radius 3 is 2.52 bits per heavy atom. The fourth-order valence-electron chi connectivity index (χ4n) is 2.09. The molecule has 1 atom stereocenters. The van der Waals surface area contributed by atoms with Crippen molar-refractivity contribution in [3.8, 4) is 0 Å². The Balaban J connectivity index is 1.85. The molecule has 21 heavy (non-hydrogen) atoms. The van der Waals surface area contributed by atoms with Crippen LogP contribution >= 0.6 is 15.9 Å². The number of carbonyl (C=O) groups is 1. The first-order valence-corrected chi connectivity index (χ1v) is 7.64. The molecule has 0 spiro atoms. The molecule has 0 aliphatic carbocycles. The van der Waals surface area contributed by atoms with Gasteiger partial charge in [-0.05, 0) is 36.8 Å². The third kappa shape index (κ3) is 4.48. The van der Waals surface area contributed by atoms with E-state index in [0.717, 1.165) is 10.0 Å². The third-order valence-electron chi connectivity index (χ3n) is 3.35. The molecule has 2 aromatic carbocycles. The Morgan fingerprint density at radius 2 is 1.86 bits per heavy atom. The Labute approximate surface area is 132 Å². The standard InChI is InChI=1S/C17H17BrFNO/c1-12(13-6-8-14(18)9-7-13)20-11-10-17(21)15-4-2-3-5-16(15)19/h2-9,12,20H,10-11H2,1H3. The predicted octanol–water partition coefficient (Wildman–Crippen LogP) is 4.51. The number of rotatable bonds is 6. The highest BCUT2D eigenvalue weighted by Gasteiger charge is 2.11.